The molecule has 0 bridgehead atoms. The Kier molecular flexibility index (Phi) is 5.19. The Labute approximate surface area is 97.5 Å². The molecule has 16 heavy (non-hydrogen) atoms. The predicted molar refractivity (Wildman–Crippen MR) is 64.8 cm³/mol. The van der Waals surface area contributed by atoms with Crippen LogP contribution in [0.3, 0.4) is 0 Å². The number of aryl methyl sites for hydroxylation is 1. The maximum absolute atomic E-state index is 5.13. The van der Waals surface area contributed by atoms with Crippen molar-refractivity contribution in [3.8, 4) is 5.88 Å². The van der Waals surface area contributed by atoms with E-state index in [0.29, 0.717) is 11.9 Å². The monoisotopic (exact) mass is 223 g/mol. The maximum atomic E-state index is 5.13. The fourth-order valence-electron chi connectivity index (χ4n) is 1.59. The molecule has 0 amide bonds. The third-order valence-corrected chi connectivity index (χ3v) is 2.33. The quantitative estimate of drug-likeness (QED) is 0.797. The van der Waals surface area contributed by atoms with Crippen molar-refractivity contribution < 1.29 is 4.74 Å². The van der Waals surface area contributed by atoms with Gasteiger partial charge in [-0.3, -0.25) is 0 Å². The SMILES string of the molecule is CCCNC(C)Cc1cc(OC)nc(C)n1. The summed E-state index contributed by atoms with van der Waals surface area (Å²) in [6, 6.07) is 2.33. The molecule has 1 rings (SSSR count). The minimum absolute atomic E-state index is 0.430. The van der Waals surface area contributed by atoms with Gasteiger partial charge in [-0.25, -0.2) is 4.98 Å². The zero-order valence-corrected chi connectivity index (χ0v) is 10.6. The third kappa shape index (κ3) is 4.14. The van der Waals surface area contributed by atoms with E-state index < -0.39 is 0 Å². The molecule has 0 aliphatic heterocycles. The van der Waals surface area contributed by atoms with Crippen molar-refractivity contribution in [3.05, 3.63) is 17.6 Å². The number of hydrogen-bond donors (Lipinski definition) is 1. The highest BCUT2D eigenvalue weighted by Gasteiger charge is 2.06. The second-order valence-corrected chi connectivity index (χ2v) is 4.01. The third-order valence-electron chi connectivity index (χ3n) is 2.33. The molecular weight excluding hydrogens is 202 g/mol. The molecule has 1 N–H and O–H groups in total. The second kappa shape index (κ2) is 6.43. The van der Waals surface area contributed by atoms with E-state index >= 15 is 0 Å². The lowest BCUT2D eigenvalue weighted by atomic mass is 10.1. The molecular formula is C12H21N3O. The zero-order valence-electron chi connectivity index (χ0n) is 10.6. The Morgan fingerprint density at radius 1 is 1.44 bits per heavy atom. The first-order valence-corrected chi connectivity index (χ1v) is 5.77. The summed E-state index contributed by atoms with van der Waals surface area (Å²) in [5.74, 6) is 1.40. The number of hydrogen-bond acceptors (Lipinski definition) is 4. The first-order chi connectivity index (χ1) is 7.65. The van der Waals surface area contributed by atoms with Crippen LogP contribution in [0.25, 0.3) is 0 Å². The van der Waals surface area contributed by atoms with Crippen molar-refractivity contribution in [1.29, 1.82) is 0 Å². The summed E-state index contributed by atoms with van der Waals surface area (Å²) in [6.07, 6.45) is 2.05. The molecule has 0 aliphatic carbocycles. The van der Waals surface area contributed by atoms with Gasteiger partial charge < -0.3 is 10.1 Å². The molecule has 0 radical (unpaired) electrons. The molecule has 0 saturated carbocycles. The number of nitrogens with zero attached hydrogens (tertiary/aromatic N) is 2. The van der Waals surface area contributed by atoms with Gasteiger partial charge in [0.1, 0.15) is 5.82 Å². The van der Waals surface area contributed by atoms with Crippen molar-refractivity contribution in [1.82, 2.24) is 15.3 Å². The maximum Gasteiger partial charge on any atom is 0.216 e. The number of ether oxygens (including phenoxy) is 1. The zero-order chi connectivity index (χ0) is 12.0. The predicted octanol–water partition coefficient (Wildman–Crippen LogP) is 1.72. The van der Waals surface area contributed by atoms with Crippen LogP contribution in [0.1, 0.15) is 31.8 Å². The van der Waals surface area contributed by atoms with E-state index in [-0.39, 0.29) is 0 Å². The Hall–Kier alpha value is -1.16. The van der Waals surface area contributed by atoms with Crippen molar-refractivity contribution in [3.63, 3.8) is 0 Å². The lowest BCUT2D eigenvalue weighted by Crippen LogP contribution is -2.29. The van der Waals surface area contributed by atoms with Crippen molar-refractivity contribution >= 4 is 0 Å². The van der Waals surface area contributed by atoms with E-state index in [4.69, 9.17) is 4.74 Å². The van der Waals surface area contributed by atoms with Gasteiger partial charge in [0.25, 0.3) is 0 Å². The molecule has 4 nitrogen and oxygen atoms in total. The average molecular weight is 223 g/mol. The Morgan fingerprint density at radius 2 is 2.19 bits per heavy atom. The van der Waals surface area contributed by atoms with Crippen LogP contribution in [0.2, 0.25) is 0 Å². The molecule has 0 fully saturated rings. The lowest BCUT2D eigenvalue weighted by Gasteiger charge is -2.13. The molecule has 1 heterocycles. The average Bonchev–Trinajstić information content (AvgIpc) is 2.25. The summed E-state index contributed by atoms with van der Waals surface area (Å²) >= 11 is 0. The van der Waals surface area contributed by atoms with Crippen LogP contribution in [0.15, 0.2) is 6.07 Å². The molecule has 1 unspecified atom stereocenters. The van der Waals surface area contributed by atoms with E-state index in [2.05, 4.69) is 29.1 Å². The smallest absolute Gasteiger partial charge is 0.216 e. The molecule has 1 aromatic rings. The molecule has 1 atom stereocenters. The van der Waals surface area contributed by atoms with E-state index in [1.807, 2.05) is 13.0 Å². The summed E-state index contributed by atoms with van der Waals surface area (Å²) < 4.78 is 5.13. The first kappa shape index (κ1) is 12.9. The molecule has 0 saturated heterocycles. The van der Waals surface area contributed by atoms with Gasteiger partial charge in [-0.15, -0.1) is 0 Å². The molecule has 90 valence electrons. The molecule has 1 aromatic heterocycles. The number of nitrogens with one attached hydrogen (secondary N) is 1. The number of aromatic nitrogens is 2. The highest BCUT2D eigenvalue weighted by atomic mass is 16.5. The van der Waals surface area contributed by atoms with E-state index in [0.717, 1.165) is 30.9 Å². The topological polar surface area (TPSA) is 47.0 Å². The van der Waals surface area contributed by atoms with Crippen LogP contribution < -0.4 is 10.1 Å². The van der Waals surface area contributed by atoms with E-state index in [1.54, 1.807) is 7.11 Å². The molecule has 0 aliphatic rings. The molecule has 4 heteroatoms. The van der Waals surface area contributed by atoms with Crippen LogP contribution in [-0.4, -0.2) is 29.7 Å². The van der Waals surface area contributed by atoms with Crippen LogP contribution >= 0.6 is 0 Å². The lowest BCUT2D eigenvalue weighted by molar-refractivity contribution is 0.394. The summed E-state index contributed by atoms with van der Waals surface area (Å²) in [6.45, 7) is 7.26. The fraction of sp³-hybridized carbons (Fsp3) is 0.667. The van der Waals surface area contributed by atoms with Crippen molar-refractivity contribution in [2.75, 3.05) is 13.7 Å². The summed E-state index contributed by atoms with van der Waals surface area (Å²) in [4.78, 5) is 8.57. The molecule has 0 spiro atoms. The van der Waals surface area contributed by atoms with Gasteiger partial charge in [-0.2, -0.15) is 4.98 Å². The Bertz CT molecular complexity index is 328. The summed E-state index contributed by atoms with van der Waals surface area (Å²) in [5.41, 5.74) is 1.03. The van der Waals surface area contributed by atoms with Gasteiger partial charge in [0.05, 0.1) is 7.11 Å². The van der Waals surface area contributed by atoms with Gasteiger partial charge >= 0.3 is 0 Å². The van der Waals surface area contributed by atoms with Gasteiger partial charge in [0.15, 0.2) is 0 Å². The number of methoxy groups -OCH3 is 1. The second-order valence-electron chi connectivity index (χ2n) is 4.01. The van der Waals surface area contributed by atoms with Crippen molar-refractivity contribution in [2.45, 2.75) is 39.7 Å². The Balaban J connectivity index is 2.61. The van der Waals surface area contributed by atoms with Gasteiger partial charge in [0, 0.05) is 24.2 Å². The largest absolute Gasteiger partial charge is 0.481 e. The standard InChI is InChI=1S/C12H21N3O/c1-5-6-13-9(2)7-11-8-12(16-4)15-10(3)14-11/h8-9,13H,5-7H2,1-4H3. The fourth-order valence-corrected chi connectivity index (χ4v) is 1.59. The van der Waals surface area contributed by atoms with Crippen LogP contribution in [0.4, 0.5) is 0 Å². The van der Waals surface area contributed by atoms with Gasteiger partial charge in [0.2, 0.25) is 5.88 Å². The van der Waals surface area contributed by atoms with Gasteiger partial charge in [-0.1, -0.05) is 6.92 Å². The summed E-state index contributed by atoms with van der Waals surface area (Å²) in [7, 11) is 1.63. The summed E-state index contributed by atoms with van der Waals surface area (Å²) in [5, 5.41) is 3.44. The van der Waals surface area contributed by atoms with Gasteiger partial charge in [-0.05, 0) is 26.8 Å². The number of rotatable bonds is 6. The minimum atomic E-state index is 0.430. The normalized spacial score (nSPS) is 12.5. The van der Waals surface area contributed by atoms with Crippen LogP contribution in [-0.2, 0) is 6.42 Å². The Morgan fingerprint density at radius 3 is 2.81 bits per heavy atom. The highest BCUT2D eigenvalue weighted by molar-refractivity contribution is 5.16. The van der Waals surface area contributed by atoms with Crippen LogP contribution in [0, 0.1) is 6.92 Å². The highest BCUT2D eigenvalue weighted by Crippen LogP contribution is 2.10. The first-order valence-electron chi connectivity index (χ1n) is 5.77. The van der Waals surface area contributed by atoms with E-state index in [1.165, 1.54) is 0 Å². The van der Waals surface area contributed by atoms with E-state index in [9.17, 15) is 0 Å². The van der Waals surface area contributed by atoms with Crippen LogP contribution in [0.5, 0.6) is 5.88 Å². The molecule has 0 aromatic carbocycles. The van der Waals surface area contributed by atoms with Crippen molar-refractivity contribution in [2.24, 2.45) is 0 Å². The minimum Gasteiger partial charge on any atom is -0.481 e.